The van der Waals surface area contributed by atoms with Crippen molar-refractivity contribution in [2.75, 3.05) is 23.0 Å². The fourth-order valence-electron chi connectivity index (χ4n) is 7.37. The molecule has 1 aromatic carbocycles. The Morgan fingerprint density at radius 3 is 2.28 bits per heavy atom. The molecule has 43 heavy (non-hydrogen) atoms. The number of hydrogen-bond acceptors (Lipinski definition) is 8. The Morgan fingerprint density at radius 2 is 1.65 bits per heavy atom. The van der Waals surface area contributed by atoms with Gasteiger partial charge in [0.1, 0.15) is 21.3 Å². The average Bonchev–Trinajstić information content (AvgIpc) is 3.48. The fourth-order valence-corrected chi connectivity index (χ4v) is 8.86. The maximum atomic E-state index is 14.2. The second-order valence-electron chi connectivity index (χ2n) is 14.7. The molecule has 0 spiro atoms. The van der Waals surface area contributed by atoms with Gasteiger partial charge < -0.3 is 13.9 Å². The first-order chi connectivity index (χ1) is 20.4. The highest BCUT2D eigenvalue weighted by atomic mass is 32.2. The normalized spacial score (nSPS) is 27.3. The molecule has 9 nitrogen and oxygen atoms in total. The molecule has 3 heterocycles. The molecule has 0 unspecified atom stereocenters. The number of sulfone groups is 1. The van der Waals surface area contributed by atoms with Crippen molar-refractivity contribution in [1.29, 1.82) is 0 Å². The first kappa shape index (κ1) is 28.7. The summed E-state index contributed by atoms with van der Waals surface area (Å²) in [6, 6.07) is 10.1. The molecule has 1 amide bonds. The van der Waals surface area contributed by atoms with E-state index in [0.717, 1.165) is 85.8 Å². The van der Waals surface area contributed by atoms with E-state index in [1.54, 1.807) is 0 Å². The first-order valence-corrected chi connectivity index (χ1v) is 17.7. The van der Waals surface area contributed by atoms with Crippen LogP contribution in [0.1, 0.15) is 108 Å². The zero-order chi connectivity index (χ0) is 30.0. The van der Waals surface area contributed by atoms with Crippen molar-refractivity contribution in [3.8, 4) is 11.3 Å². The van der Waals surface area contributed by atoms with Crippen molar-refractivity contribution in [2.24, 2.45) is 11.3 Å². The maximum Gasteiger partial charge on any atom is 0.232 e. The number of anilines is 1. The van der Waals surface area contributed by atoms with Gasteiger partial charge in [0.15, 0.2) is 5.82 Å². The van der Waals surface area contributed by atoms with Crippen LogP contribution in [0, 0.1) is 11.3 Å². The Morgan fingerprint density at radius 1 is 0.953 bits per heavy atom. The number of aromatic nitrogens is 3. The molecule has 230 valence electrons. The molecule has 1 aliphatic heterocycles. The minimum absolute atomic E-state index is 0.00588. The van der Waals surface area contributed by atoms with Gasteiger partial charge in [-0.1, -0.05) is 43.2 Å². The van der Waals surface area contributed by atoms with Crippen molar-refractivity contribution in [1.82, 2.24) is 15.3 Å². The topological polar surface area (TPSA) is 119 Å². The van der Waals surface area contributed by atoms with E-state index in [0.29, 0.717) is 25.3 Å². The monoisotopic (exact) mass is 606 g/mol. The predicted octanol–water partition coefficient (Wildman–Crippen LogP) is 6.35. The lowest BCUT2D eigenvalue weighted by Gasteiger charge is -2.53. The van der Waals surface area contributed by atoms with E-state index in [9.17, 15) is 13.2 Å². The summed E-state index contributed by atoms with van der Waals surface area (Å²) in [6.45, 7) is 6.92. The molecule has 0 radical (unpaired) electrons. The lowest BCUT2D eigenvalue weighted by Crippen LogP contribution is -2.52. The van der Waals surface area contributed by atoms with Crippen LogP contribution in [0.5, 0.6) is 0 Å². The van der Waals surface area contributed by atoms with E-state index in [4.69, 9.17) is 14.0 Å². The van der Waals surface area contributed by atoms with Gasteiger partial charge in [-0.05, 0) is 81.8 Å². The molecule has 3 aromatic rings. The molecule has 5 aliphatic rings. The van der Waals surface area contributed by atoms with Crippen LogP contribution in [-0.2, 0) is 25.5 Å². The van der Waals surface area contributed by atoms with Crippen molar-refractivity contribution >= 4 is 21.4 Å². The fraction of sp³-hybridized carbons (Fsp3) is 0.636. The van der Waals surface area contributed by atoms with Crippen LogP contribution in [0.25, 0.3) is 11.3 Å². The summed E-state index contributed by atoms with van der Waals surface area (Å²) in [5.74, 6) is 2.82. The molecular weight excluding hydrogens is 564 g/mol. The number of amides is 1. The van der Waals surface area contributed by atoms with Crippen LogP contribution in [0.2, 0.25) is 0 Å². The maximum absolute atomic E-state index is 14.2. The standard InChI is InChI=1S/C33H42N4O5S/c1-31(2,3)29-34-30(42-36-29)33-14-11-32(12-15-33,13-16-33)21-37(28(38)23-9-17-43(39,40)18-10-23)25-6-4-5-24(19-25)26-20-27(41-35-26)22-7-8-22/h4-6,19-20,22-23H,7-18,21H2,1-3H3. The third kappa shape index (κ3) is 5.56. The zero-order valence-corrected chi connectivity index (χ0v) is 26.3. The molecule has 2 aromatic heterocycles. The number of nitrogens with zero attached hydrogens (tertiary/aromatic N) is 4. The summed E-state index contributed by atoms with van der Waals surface area (Å²) in [4.78, 5) is 21.1. The van der Waals surface area contributed by atoms with Gasteiger partial charge in [0.2, 0.25) is 11.8 Å². The Kier molecular flexibility index (Phi) is 6.87. The summed E-state index contributed by atoms with van der Waals surface area (Å²) in [7, 11) is -3.07. The SMILES string of the molecule is CC(C)(C)c1noc(C23CCC(CN(C(=O)C4CCS(=O)(=O)CC4)c4cccc(-c5cc(C6CC6)on5)c4)(CC2)CC3)n1. The largest absolute Gasteiger partial charge is 0.360 e. The first-order valence-electron chi connectivity index (χ1n) is 15.9. The highest BCUT2D eigenvalue weighted by Crippen LogP contribution is 2.58. The summed E-state index contributed by atoms with van der Waals surface area (Å²) < 4.78 is 35.8. The van der Waals surface area contributed by atoms with Gasteiger partial charge in [-0.2, -0.15) is 4.98 Å². The van der Waals surface area contributed by atoms with Crippen molar-refractivity contribution in [3.63, 3.8) is 0 Å². The van der Waals surface area contributed by atoms with Gasteiger partial charge >= 0.3 is 0 Å². The summed E-state index contributed by atoms with van der Waals surface area (Å²) in [5.41, 5.74) is 2.30. The van der Waals surface area contributed by atoms with E-state index in [1.165, 1.54) is 0 Å². The zero-order valence-electron chi connectivity index (χ0n) is 25.5. The lowest BCUT2D eigenvalue weighted by molar-refractivity contribution is -0.123. The summed E-state index contributed by atoms with van der Waals surface area (Å²) in [5, 5.41) is 8.66. The highest BCUT2D eigenvalue weighted by molar-refractivity contribution is 7.91. The van der Waals surface area contributed by atoms with Crippen molar-refractivity contribution in [2.45, 2.75) is 102 Å². The molecule has 0 atom stereocenters. The third-order valence-electron chi connectivity index (χ3n) is 10.6. The molecule has 1 saturated heterocycles. The Hall–Kier alpha value is -3.01. The van der Waals surface area contributed by atoms with Gasteiger partial charge in [-0.15, -0.1) is 0 Å². The minimum atomic E-state index is -3.07. The average molecular weight is 607 g/mol. The Bertz CT molecular complexity index is 1590. The molecule has 4 saturated carbocycles. The number of rotatable bonds is 7. The number of benzene rings is 1. The van der Waals surface area contributed by atoms with E-state index in [1.807, 2.05) is 35.2 Å². The summed E-state index contributed by atoms with van der Waals surface area (Å²) in [6.07, 6.45) is 8.89. The number of carbonyl (C=O) groups is 1. The van der Waals surface area contributed by atoms with Crippen molar-refractivity contribution < 1.29 is 22.3 Å². The molecule has 2 bridgehead atoms. The van der Waals surface area contributed by atoms with Gasteiger partial charge in [-0.3, -0.25) is 4.79 Å². The molecule has 10 heteroatoms. The number of fused-ring (bicyclic) bond motifs is 3. The predicted molar refractivity (Wildman–Crippen MR) is 162 cm³/mol. The van der Waals surface area contributed by atoms with Crippen LogP contribution < -0.4 is 4.90 Å². The molecular formula is C33H42N4O5S. The third-order valence-corrected chi connectivity index (χ3v) is 12.3. The molecule has 8 rings (SSSR count). The number of hydrogen-bond donors (Lipinski definition) is 0. The van der Waals surface area contributed by atoms with E-state index < -0.39 is 9.84 Å². The molecule has 0 N–H and O–H groups in total. The quantitative estimate of drug-likeness (QED) is 0.305. The van der Waals surface area contributed by atoms with Gasteiger partial charge in [-0.25, -0.2) is 8.42 Å². The second kappa shape index (κ2) is 10.3. The lowest BCUT2D eigenvalue weighted by atomic mass is 9.53. The van der Waals surface area contributed by atoms with Gasteiger partial charge in [0.25, 0.3) is 0 Å². The van der Waals surface area contributed by atoms with Gasteiger partial charge in [0.05, 0.1) is 11.5 Å². The van der Waals surface area contributed by atoms with Crippen LogP contribution in [0.4, 0.5) is 5.69 Å². The van der Waals surface area contributed by atoms with E-state index in [-0.39, 0.29) is 39.6 Å². The number of carbonyl (C=O) groups excluding carboxylic acids is 1. The second-order valence-corrected chi connectivity index (χ2v) is 17.0. The van der Waals surface area contributed by atoms with Crippen LogP contribution in [-0.4, -0.2) is 47.7 Å². The van der Waals surface area contributed by atoms with Crippen LogP contribution in [0.15, 0.2) is 39.4 Å². The Balaban J connectivity index is 1.15. The molecule has 4 aliphatic carbocycles. The van der Waals surface area contributed by atoms with E-state index >= 15 is 0 Å². The summed E-state index contributed by atoms with van der Waals surface area (Å²) >= 11 is 0. The Labute approximate surface area is 253 Å². The smallest absolute Gasteiger partial charge is 0.232 e. The van der Waals surface area contributed by atoms with E-state index in [2.05, 4.69) is 31.1 Å². The van der Waals surface area contributed by atoms with Crippen molar-refractivity contribution in [3.05, 3.63) is 47.8 Å². The van der Waals surface area contributed by atoms with Gasteiger partial charge in [0, 0.05) is 46.5 Å². The van der Waals surface area contributed by atoms with Crippen LogP contribution >= 0.6 is 0 Å². The highest BCUT2D eigenvalue weighted by Gasteiger charge is 2.53. The minimum Gasteiger partial charge on any atom is -0.360 e. The van der Waals surface area contributed by atoms with Crippen LogP contribution in [0.3, 0.4) is 0 Å². The molecule has 5 fully saturated rings.